The number of morpholine rings is 1. The lowest BCUT2D eigenvalue weighted by molar-refractivity contribution is 0.102. The van der Waals surface area contributed by atoms with Crippen LogP contribution in [0.25, 0.3) is 0 Å². The summed E-state index contributed by atoms with van der Waals surface area (Å²) in [5, 5.41) is 11.6. The minimum atomic E-state index is -0.337. The molecular weight excluding hydrogens is 310 g/mol. The van der Waals surface area contributed by atoms with Crippen LogP contribution in [-0.2, 0) is 4.74 Å². The normalized spacial score (nSPS) is 14.1. The molecule has 0 bridgehead atoms. The number of hydrogen-bond acceptors (Lipinski definition) is 6. The molecule has 0 aliphatic carbocycles. The molecule has 2 aromatic rings. The number of imidazole rings is 1. The summed E-state index contributed by atoms with van der Waals surface area (Å²) >= 11 is 0. The summed E-state index contributed by atoms with van der Waals surface area (Å²) in [5.74, 6) is 0.577. The van der Waals surface area contributed by atoms with Gasteiger partial charge in [0.05, 0.1) is 32.3 Å². The fourth-order valence-electron chi connectivity index (χ4n) is 2.54. The Morgan fingerprint density at radius 1 is 1.46 bits per heavy atom. The number of nitrogens with zero attached hydrogens (tertiary/aromatic N) is 3. The third kappa shape index (κ3) is 3.16. The summed E-state index contributed by atoms with van der Waals surface area (Å²) in [5.41, 5.74) is 1.52. The molecule has 0 radical (unpaired) electrons. The number of aromatic nitrogens is 2. The predicted molar refractivity (Wildman–Crippen MR) is 87.3 cm³/mol. The molecule has 3 rings (SSSR count). The number of carbonyl (C=O) groups is 1. The molecular formula is C16H17N5O3. The number of hydrogen-bond donors (Lipinski definition) is 2. The summed E-state index contributed by atoms with van der Waals surface area (Å²) in [6.07, 6.45) is 1.36. The number of ether oxygens (including phenoxy) is 2. The van der Waals surface area contributed by atoms with Crippen LogP contribution in [0.2, 0.25) is 0 Å². The first-order valence-corrected chi connectivity index (χ1v) is 7.48. The number of anilines is 2. The highest BCUT2D eigenvalue weighted by Crippen LogP contribution is 2.30. The molecule has 8 heteroatoms. The van der Waals surface area contributed by atoms with Gasteiger partial charge in [0.2, 0.25) is 0 Å². The van der Waals surface area contributed by atoms with Gasteiger partial charge in [0, 0.05) is 18.7 Å². The lowest BCUT2D eigenvalue weighted by Crippen LogP contribution is -2.36. The SMILES string of the molecule is COc1ccc(C(=O)Nc2nc[nH]c2C#N)cc1N1CCOCC1. The van der Waals surface area contributed by atoms with Gasteiger partial charge in [0.25, 0.3) is 5.91 Å². The molecule has 1 aliphatic rings. The lowest BCUT2D eigenvalue weighted by Gasteiger charge is -2.30. The van der Waals surface area contributed by atoms with Crippen LogP contribution >= 0.6 is 0 Å². The Labute approximate surface area is 139 Å². The molecule has 0 unspecified atom stereocenters. The van der Waals surface area contributed by atoms with Crippen molar-refractivity contribution in [3.8, 4) is 11.8 Å². The van der Waals surface area contributed by atoms with Gasteiger partial charge in [-0.1, -0.05) is 0 Å². The Hall–Kier alpha value is -3.05. The number of aromatic amines is 1. The van der Waals surface area contributed by atoms with E-state index in [2.05, 4.69) is 20.2 Å². The van der Waals surface area contributed by atoms with Crippen molar-refractivity contribution in [3.05, 3.63) is 35.8 Å². The van der Waals surface area contributed by atoms with Crippen LogP contribution in [0, 0.1) is 11.3 Å². The van der Waals surface area contributed by atoms with E-state index in [1.165, 1.54) is 6.33 Å². The number of nitriles is 1. The van der Waals surface area contributed by atoms with Crippen molar-refractivity contribution in [2.75, 3.05) is 43.6 Å². The number of carbonyl (C=O) groups excluding carboxylic acids is 1. The Morgan fingerprint density at radius 3 is 2.96 bits per heavy atom. The summed E-state index contributed by atoms with van der Waals surface area (Å²) < 4.78 is 10.8. The topological polar surface area (TPSA) is 103 Å². The number of rotatable bonds is 4. The van der Waals surface area contributed by atoms with E-state index in [1.807, 2.05) is 6.07 Å². The second kappa shape index (κ2) is 7.02. The number of nitrogens with one attached hydrogen (secondary N) is 2. The first-order valence-electron chi connectivity index (χ1n) is 7.48. The van der Waals surface area contributed by atoms with Gasteiger partial charge in [-0.15, -0.1) is 0 Å². The van der Waals surface area contributed by atoms with Gasteiger partial charge in [-0.2, -0.15) is 5.26 Å². The fourth-order valence-corrected chi connectivity index (χ4v) is 2.54. The molecule has 124 valence electrons. The van der Waals surface area contributed by atoms with E-state index in [0.717, 1.165) is 18.8 Å². The molecule has 0 spiro atoms. The number of amides is 1. The highest BCUT2D eigenvalue weighted by Gasteiger charge is 2.18. The van der Waals surface area contributed by atoms with Gasteiger partial charge in [0.1, 0.15) is 11.8 Å². The van der Waals surface area contributed by atoms with Gasteiger partial charge >= 0.3 is 0 Å². The Balaban J connectivity index is 1.85. The zero-order valence-electron chi connectivity index (χ0n) is 13.2. The van der Waals surface area contributed by atoms with Crippen molar-refractivity contribution >= 4 is 17.4 Å². The molecule has 1 aromatic carbocycles. The van der Waals surface area contributed by atoms with Gasteiger partial charge in [-0.25, -0.2) is 4.98 Å². The second-order valence-corrected chi connectivity index (χ2v) is 5.18. The molecule has 1 aliphatic heterocycles. The molecule has 0 atom stereocenters. The van der Waals surface area contributed by atoms with E-state index in [4.69, 9.17) is 14.7 Å². The molecule has 8 nitrogen and oxygen atoms in total. The van der Waals surface area contributed by atoms with Crippen LogP contribution in [0.3, 0.4) is 0 Å². The van der Waals surface area contributed by atoms with E-state index in [1.54, 1.807) is 25.3 Å². The smallest absolute Gasteiger partial charge is 0.256 e. The first kappa shape index (κ1) is 15.8. The first-order chi connectivity index (χ1) is 11.7. The lowest BCUT2D eigenvalue weighted by atomic mass is 10.1. The molecule has 2 heterocycles. The minimum absolute atomic E-state index is 0.213. The van der Waals surface area contributed by atoms with Crippen LogP contribution in [0.5, 0.6) is 5.75 Å². The van der Waals surface area contributed by atoms with Gasteiger partial charge in [-0.05, 0) is 18.2 Å². The molecule has 1 aromatic heterocycles. The third-order valence-corrected chi connectivity index (χ3v) is 3.78. The molecule has 24 heavy (non-hydrogen) atoms. The Bertz CT molecular complexity index is 774. The summed E-state index contributed by atoms with van der Waals surface area (Å²) in [4.78, 5) is 21.2. The average Bonchev–Trinajstić information content (AvgIpc) is 3.09. The highest BCUT2D eigenvalue weighted by molar-refractivity contribution is 6.05. The Morgan fingerprint density at radius 2 is 2.25 bits per heavy atom. The largest absolute Gasteiger partial charge is 0.495 e. The summed E-state index contributed by atoms with van der Waals surface area (Å²) in [6.45, 7) is 2.75. The third-order valence-electron chi connectivity index (χ3n) is 3.78. The number of benzene rings is 1. The zero-order valence-corrected chi connectivity index (χ0v) is 13.2. The quantitative estimate of drug-likeness (QED) is 0.879. The van der Waals surface area contributed by atoms with E-state index in [9.17, 15) is 4.79 Å². The monoisotopic (exact) mass is 327 g/mol. The zero-order chi connectivity index (χ0) is 16.9. The Kier molecular flexibility index (Phi) is 4.63. The van der Waals surface area contributed by atoms with Crippen molar-refractivity contribution in [2.24, 2.45) is 0 Å². The molecule has 1 fully saturated rings. The van der Waals surface area contributed by atoms with Crippen molar-refractivity contribution in [1.82, 2.24) is 9.97 Å². The van der Waals surface area contributed by atoms with E-state index in [0.29, 0.717) is 24.5 Å². The minimum Gasteiger partial charge on any atom is -0.495 e. The van der Waals surface area contributed by atoms with Gasteiger partial charge in [-0.3, -0.25) is 4.79 Å². The fraction of sp³-hybridized carbons (Fsp3) is 0.312. The second-order valence-electron chi connectivity index (χ2n) is 5.18. The van der Waals surface area contributed by atoms with Crippen LogP contribution < -0.4 is 15.0 Å². The maximum Gasteiger partial charge on any atom is 0.256 e. The number of methoxy groups -OCH3 is 1. The van der Waals surface area contributed by atoms with E-state index >= 15 is 0 Å². The molecule has 2 N–H and O–H groups in total. The van der Waals surface area contributed by atoms with Crippen LogP contribution in [0.1, 0.15) is 16.1 Å². The van der Waals surface area contributed by atoms with E-state index in [-0.39, 0.29) is 17.4 Å². The van der Waals surface area contributed by atoms with Crippen LogP contribution in [0.4, 0.5) is 11.5 Å². The highest BCUT2D eigenvalue weighted by atomic mass is 16.5. The van der Waals surface area contributed by atoms with Crippen molar-refractivity contribution in [1.29, 1.82) is 5.26 Å². The van der Waals surface area contributed by atoms with Crippen molar-refractivity contribution in [3.63, 3.8) is 0 Å². The van der Waals surface area contributed by atoms with Crippen molar-refractivity contribution < 1.29 is 14.3 Å². The van der Waals surface area contributed by atoms with E-state index < -0.39 is 0 Å². The average molecular weight is 327 g/mol. The maximum atomic E-state index is 12.5. The van der Waals surface area contributed by atoms with Gasteiger partial charge in [0.15, 0.2) is 11.5 Å². The molecule has 1 saturated heterocycles. The van der Waals surface area contributed by atoms with Crippen LogP contribution in [0.15, 0.2) is 24.5 Å². The number of H-pyrrole nitrogens is 1. The summed E-state index contributed by atoms with van der Waals surface area (Å²) in [6, 6.07) is 7.15. The standard InChI is InChI=1S/C16H17N5O3/c1-23-14-3-2-11(8-13(14)21-4-6-24-7-5-21)16(22)20-15-12(9-17)18-10-19-15/h2-3,8,10H,4-7H2,1H3,(H,18,19)(H,20,22). The molecule has 0 saturated carbocycles. The van der Waals surface area contributed by atoms with Gasteiger partial charge < -0.3 is 24.7 Å². The van der Waals surface area contributed by atoms with Crippen LogP contribution in [-0.4, -0.2) is 49.3 Å². The summed E-state index contributed by atoms with van der Waals surface area (Å²) in [7, 11) is 1.60. The molecule has 1 amide bonds. The maximum absolute atomic E-state index is 12.5. The van der Waals surface area contributed by atoms with Crippen molar-refractivity contribution in [2.45, 2.75) is 0 Å². The predicted octanol–water partition coefficient (Wildman–Crippen LogP) is 1.38.